The number of urea groups is 1. The zero-order chi connectivity index (χ0) is 14.2. The lowest BCUT2D eigenvalue weighted by Crippen LogP contribution is -2.26. The fourth-order valence-electron chi connectivity index (χ4n) is 2.42. The molecule has 1 fully saturated rings. The van der Waals surface area contributed by atoms with Crippen molar-refractivity contribution in [2.45, 2.75) is 38.5 Å². The first-order valence-corrected chi connectivity index (χ1v) is 7.14. The highest BCUT2D eigenvalue weighted by Gasteiger charge is 2.11. The van der Waals surface area contributed by atoms with Crippen molar-refractivity contribution in [1.82, 2.24) is 5.43 Å². The van der Waals surface area contributed by atoms with Crippen LogP contribution in [-0.2, 0) is 0 Å². The maximum atomic E-state index is 10.8. The lowest BCUT2D eigenvalue weighted by atomic mass is 9.93. The molecule has 20 heavy (non-hydrogen) atoms. The number of hydrogen-bond donors (Lipinski definition) is 2. The molecule has 1 aliphatic carbocycles. The van der Waals surface area contributed by atoms with Crippen LogP contribution in [-0.4, -0.2) is 11.7 Å². The van der Waals surface area contributed by atoms with Gasteiger partial charge in [0.15, 0.2) is 0 Å². The summed E-state index contributed by atoms with van der Waals surface area (Å²) in [5.41, 5.74) is 10.8. The highest BCUT2D eigenvalue weighted by atomic mass is 16.2. The fourth-order valence-corrected chi connectivity index (χ4v) is 2.42. The lowest BCUT2D eigenvalue weighted by Gasteiger charge is -2.15. The van der Waals surface area contributed by atoms with Crippen LogP contribution in [0.5, 0.6) is 0 Å². The Balaban J connectivity index is 2.24. The highest BCUT2D eigenvalue weighted by molar-refractivity contribution is 6.04. The summed E-state index contributed by atoms with van der Waals surface area (Å²) in [7, 11) is 0. The van der Waals surface area contributed by atoms with E-state index < -0.39 is 6.03 Å². The van der Waals surface area contributed by atoms with E-state index in [9.17, 15) is 4.79 Å². The monoisotopic (exact) mass is 271 g/mol. The summed E-state index contributed by atoms with van der Waals surface area (Å²) in [6.45, 7) is 0. The minimum atomic E-state index is -0.612. The van der Waals surface area contributed by atoms with Gasteiger partial charge in [0.1, 0.15) is 0 Å². The van der Waals surface area contributed by atoms with Crippen LogP contribution in [0, 0.1) is 0 Å². The van der Waals surface area contributed by atoms with Crippen LogP contribution in [0.1, 0.15) is 44.1 Å². The van der Waals surface area contributed by atoms with Crippen LogP contribution in [0.25, 0.3) is 6.08 Å². The molecule has 0 heterocycles. The first-order chi connectivity index (χ1) is 9.75. The van der Waals surface area contributed by atoms with Gasteiger partial charge in [0.25, 0.3) is 0 Å². The molecule has 1 saturated carbocycles. The molecule has 0 radical (unpaired) electrons. The number of carbonyl (C=O) groups is 1. The van der Waals surface area contributed by atoms with Gasteiger partial charge in [-0.1, -0.05) is 43.2 Å². The molecule has 106 valence electrons. The molecule has 1 aromatic rings. The topological polar surface area (TPSA) is 67.5 Å². The SMILES string of the molecule is NC(=O)N/N=C1\CCCCCC\C1=C\c1ccccc1. The Morgan fingerprint density at radius 1 is 1.10 bits per heavy atom. The van der Waals surface area contributed by atoms with Crippen molar-refractivity contribution >= 4 is 17.8 Å². The molecule has 0 atom stereocenters. The Kier molecular flexibility index (Phi) is 5.35. The van der Waals surface area contributed by atoms with Gasteiger partial charge >= 0.3 is 6.03 Å². The van der Waals surface area contributed by atoms with E-state index in [4.69, 9.17) is 5.73 Å². The summed E-state index contributed by atoms with van der Waals surface area (Å²) in [5, 5.41) is 4.19. The molecule has 1 aromatic carbocycles. The van der Waals surface area contributed by atoms with E-state index in [-0.39, 0.29) is 0 Å². The Hall–Kier alpha value is -2.10. The van der Waals surface area contributed by atoms with Crippen molar-refractivity contribution in [3.8, 4) is 0 Å². The number of amides is 2. The molecule has 0 aromatic heterocycles. The van der Waals surface area contributed by atoms with Crippen LogP contribution in [0.4, 0.5) is 4.79 Å². The third kappa shape index (κ3) is 4.53. The maximum Gasteiger partial charge on any atom is 0.332 e. The minimum absolute atomic E-state index is 0.612. The zero-order valence-corrected chi connectivity index (χ0v) is 11.6. The smallest absolute Gasteiger partial charge is 0.332 e. The van der Waals surface area contributed by atoms with Crippen molar-refractivity contribution < 1.29 is 4.79 Å². The third-order valence-electron chi connectivity index (χ3n) is 3.42. The van der Waals surface area contributed by atoms with Gasteiger partial charge in [0.05, 0.1) is 5.71 Å². The van der Waals surface area contributed by atoms with Gasteiger partial charge in [-0.15, -0.1) is 0 Å². The highest BCUT2D eigenvalue weighted by Crippen LogP contribution is 2.22. The van der Waals surface area contributed by atoms with Gasteiger partial charge in [0, 0.05) is 0 Å². The molecular formula is C16H21N3O. The molecule has 0 unspecified atom stereocenters. The molecule has 0 saturated heterocycles. The van der Waals surface area contributed by atoms with Crippen molar-refractivity contribution in [2.75, 3.05) is 0 Å². The predicted molar refractivity (Wildman–Crippen MR) is 82.3 cm³/mol. The number of nitrogens with two attached hydrogens (primary N) is 1. The average Bonchev–Trinajstić information content (AvgIpc) is 2.42. The van der Waals surface area contributed by atoms with Gasteiger partial charge in [0.2, 0.25) is 0 Å². The van der Waals surface area contributed by atoms with Crippen LogP contribution >= 0.6 is 0 Å². The number of benzene rings is 1. The molecule has 0 bridgehead atoms. The van der Waals surface area contributed by atoms with Gasteiger partial charge in [-0.3, -0.25) is 0 Å². The van der Waals surface area contributed by atoms with Crippen LogP contribution < -0.4 is 11.2 Å². The molecule has 2 rings (SSSR count). The number of nitrogens with one attached hydrogen (secondary N) is 1. The van der Waals surface area contributed by atoms with E-state index in [1.807, 2.05) is 18.2 Å². The summed E-state index contributed by atoms with van der Waals surface area (Å²) in [4.78, 5) is 10.8. The van der Waals surface area contributed by atoms with Gasteiger partial charge in [-0.2, -0.15) is 5.10 Å². The number of nitrogens with zero attached hydrogens (tertiary/aromatic N) is 1. The third-order valence-corrected chi connectivity index (χ3v) is 3.42. The van der Waals surface area contributed by atoms with E-state index in [1.165, 1.54) is 18.4 Å². The molecule has 1 aliphatic rings. The van der Waals surface area contributed by atoms with Crippen molar-refractivity contribution in [3.63, 3.8) is 0 Å². The largest absolute Gasteiger partial charge is 0.350 e. The summed E-state index contributed by atoms with van der Waals surface area (Å²) >= 11 is 0. The lowest BCUT2D eigenvalue weighted by molar-refractivity contribution is 0.249. The summed E-state index contributed by atoms with van der Waals surface area (Å²) in [5.74, 6) is 0. The van der Waals surface area contributed by atoms with E-state index >= 15 is 0 Å². The average molecular weight is 271 g/mol. The van der Waals surface area contributed by atoms with Gasteiger partial charge in [-0.25, -0.2) is 10.2 Å². The van der Waals surface area contributed by atoms with Crippen molar-refractivity contribution in [3.05, 3.63) is 41.5 Å². The standard InChI is InChI=1S/C16H21N3O/c17-16(20)19-18-15-11-7-2-1-6-10-14(15)12-13-8-4-3-5-9-13/h3-5,8-9,12H,1-2,6-7,10-11H2,(H3,17,19,20)/b14-12-,18-15+. The second-order valence-electron chi connectivity index (χ2n) is 5.03. The number of primary amides is 1. The van der Waals surface area contributed by atoms with Crippen molar-refractivity contribution in [1.29, 1.82) is 0 Å². The number of hydrazone groups is 1. The van der Waals surface area contributed by atoms with E-state index in [1.54, 1.807) is 0 Å². The maximum absolute atomic E-state index is 10.8. The summed E-state index contributed by atoms with van der Waals surface area (Å²) in [6, 6.07) is 9.58. The molecule has 4 nitrogen and oxygen atoms in total. The number of rotatable bonds is 2. The van der Waals surface area contributed by atoms with E-state index in [0.717, 1.165) is 37.0 Å². The van der Waals surface area contributed by atoms with Crippen LogP contribution in [0.15, 0.2) is 41.0 Å². The summed E-state index contributed by atoms with van der Waals surface area (Å²) < 4.78 is 0. The molecular weight excluding hydrogens is 250 g/mol. The minimum Gasteiger partial charge on any atom is -0.350 e. The Morgan fingerprint density at radius 3 is 2.50 bits per heavy atom. The van der Waals surface area contributed by atoms with Crippen molar-refractivity contribution in [2.24, 2.45) is 10.8 Å². The first kappa shape index (κ1) is 14.3. The summed E-state index contributed by atoms with van der Waals surface area (Å²) in [6.07, 6.45) is 8.77. The van der Waals surface area contributed by atoms with E-state index in [0.29, 0.717) is 0 Å². The molecule has 4 heteroatoms. The second kappa shape index (κ2) is 7.48. The number of carbonyl (C=O) groups excluding carboxylic acids is 1. The Bertz CT molecular complexity index is 506. The number of allylic oxidation sites excluding steroid dienone is 1. The Morgan fingerprint density at radius 2 is 1.80 bits per heavy atom. The fraction of sp³-hybridized carbons (Fsp3) is 0.375. The predicted octanol–water partition coefficient (Wildman–Crippen LogP) is 3.45. The Labute approximate surface area is 119 Å². The van der Waals surface area contributed by atoms with Gasteiger partial charge < -0.3 is 5.73 Å². The number of hydrogen-bond acceptors (Lipinski definition) is 2. The zero-order valence-electron chi connectivity index (χ0n) is 11.6. The van der Waals surface area contributed by atoms with Crippen LogP contribution in [0.2, 0.25) is 0 Å². The van der Waals surface area contributed by atoms with Crippen LogP contribution in [0.3, 0.4) is 0 Å². The van der Waals surface area contributed by atoms with E-state index in [2.05, 4.69) is 28.7 Å². The molecule has 2 amide bonds. The first-order valence-electron chi connectivity index (χ1n) is 7.14. The molecule has 0 aliphatic heterocycles. The molecule has 3 N–H and O–H groups in total. The normalized spacial score (nSPS) is 20.4. The van der Waals surface area contributed by atoms with Gasteiger partial charge in [-0.05, 0) is 42.9 Å². The molecule has 0 spiro atoms. The second-order valence-corrected chi connectivity index (χ2v) is 5.03. The quantitative estimate of drug-likeness (QED) is 0.795.